The van der Waals surface area contributed by atoms with Crippen molar-refractivity contribution in [1.82, 2.24) is 0 Å². The van der Waals surface area contributed by atoms with Gasteiger partial charge >= 0.3 is 5.97 Å². The van der Waals surface area contributed by atoms with Crippen LogP contribution in [0.4, 0.5) is 0 Å². The van der Waals surface area contributed by atoms with Crippen molar-refractivity contribution in [2.24, 2.45) is 0 Å². The Balaban J connectivity index is 2.31. The van der Waals surface area contributed by atoms with Gasteiger partial charge in [-0.25, -0.2) is 0 Å². The molecule has 2 rings (SSSR count). The van der Waals surface area contributed by atoms with Crippen molar-refractivity contribution >= 4 is 30.2 Å². The summed E-state index contributed by atoms with van der Waals surface area (Å²) in [6.07, 6.45) is 5.34. The SMILES string of the molecule is Cc1cc(/C=C/C(O)=C(\CCC(=O)O)C(=O)/C=C/c2ccc(O)c(C=O)c2)ccc1O. The molecule has 0 amide bonds. The molecule has 0 aliphatic carbocycles. The number of carboxylic acid groups (broad SMARTS) is 1. The summed E-state index contributed by atoms with van der Waals surface area (Å²) in [5.74, 6) is -2.14. The number of carbonyl (C=O) groups is 3. The fraction of sp³-hybridized carbons (Fsp3) is 0.125. The molecule has 7 nitrogen and oxygen atoms in total. The summed E-state index contributed by atoms with van der Waals surface area (Å²) < 4.78 is 0. The van der Waals surface area contributed by atoms with E-state index < -0.39 is 11.8 Å². The number of allylic oxidation sites excluding steroid dienone is 3. The summed E-state index contributed by atoms with van der Waals surface area (Å²) in [5.41, 5.74) is 1.76. The molecule has 0 unspecified atom stereocenters. The zero-order chi connectivity index (χ0) is 23.0. The summed E-state index contributed by atoms with van der Waals surface area (Å²) in [7, 11) is 0. The van der Waals surface area contributed by atoms with E-state index in [0.717, 1.165) is 6.08 Å². The van der Waals surface area contributed by atoms with Gasteiger partial charge in [0, 0.05) is 12.0 Å². The van der Waals surface area contributed by atoms with Crippen LogP contribution in [-0.2, 0) is 9.59 Å². The second-order valence-corrected chi connectivity index (χ2v) is 6.77. The van der Waals surface area contributed by atoms with Gasteiger partial charge < -0.3 is 20.4 Å². The molecule has 0 atom stereocenters. The molecule has 0 saturated heterocycles. The fourth-order valence-electron chi connectivity index (χ4n) is 2.71. The maximum absolute atomic E-state index is 12.6. The first-order valence-corrected chi connectivity index (χ1v) is 9.33. The molecule has 31 heavy (non-hydrogen) atoms. The molecule has 0 spiro atoms. The number of benzene rings is 2. The number of aliphatic hydroxyl groups is 1. The molecule has 0 bridgehead atoms. The van der Waals surface area contributed by atoms with Crippen molar-refractivity contribution in [3.05, 3.63) is 82.1 Å². The van der Waals surface area contributed by atoms with Gasteiger partial charge in [-0.2, -0.15) is 0 Å². The van der Waals surface area contributed by atoms with E-state index in [1.165, 1.54) is 42.5 Å². The largest absolute Gasteiger partial charge is 0.508 e. The van der Waals surface area contributed by atoms with Gasteiger partial charge in [-0.1, -0.05) is 24.3 Å². The summed E-state index contributed by atoms with van der Waals surface area (Å²) >= 11 is 0. The van der Waals surface area contributed by atoms with Crippen molar-refractivity contribution in [3.63, 3.8) is 0 Å². The minimum atomic E-state index is -1.12. The molecule has 4 N–H and O–H groups in total. The lowest BCUT2D eigenvalue weighted by Crippen LogP contribution is -2.05. The highest BCUT2D eigenvalue weighted by Crippen LogP contribution is 2.21. The third-order valence-corrected chi connectivity index (χ3v) is 4.46. The van der Waals surface area contributed by atoms with Crippen LogP contribution in [0, 0.1) is 6.92 Å². The number of phenols is 2. The van der Waals surface area contributed by atoms with Gasteiger partial charge in [0.15, 0.2) is 12.1 Å². The first-order valence-electron chi connectivity index (χ1n) is 9.33. The van der Waals surface area contributed by atoms with E-state index in [0.29, 0.717) is 23.0 Å². The number of hydrogen-bond acceptors (Lipinski definition) is 6. The van der Waals surface area contributed by atoms with Crippen LogP contribution in [0.1, 0.15) is 39.9 Å². The van der Waals surface area contributed by atoms with Crippen molar-refractivity contribution < 1.29 is 34.8 Å². The standard InChI is InChI=1S/C24H22O7/c1-15-12-16(2-7-20(15)26)4-9-22(28)19(6-11-24(30)31)23(29)10-5-17-3-8-21(27)18(13-17)14-25/h2-5,7-10,12-14,26-28H,6,11H2,1H3,(H,30,31)/b9-4+,10-5+,22-19-. The highest BCUT2D eigenvalue weighted by atomic mass is 16.4. The third-order valence-electron chi connectivity index (χ3n) is 4.46. The number of hydrogen-bond donors (Lipinski definition) is 4. The van der Waals surface area contributed by atoms with Crippen LogP contribution in [0.15, 0.2) is 59.9 Å². The number of aliphatic hydroxyl groups excluding tert-OH is 1. The predicted molar refractivity (Wildman–Crippen MR) is 116 cm³/mol. The lowest BCUT2D eigenvalue weighted by atomic mass is 10.0. The number of ketones is 1. The zero-order valence-corrected chi connectivity index (χ0v) is 16.8. The topological polar surface area (TPSA) is 132 Å². The van der Waals surface area contributed by atoms with E-state index >= 15 is 0 Å². The fourth-order valence-corrected chi connectivity index (χ4v) is 2.71. The van der Waals surface area contributed by atoms with Crippen LogP contribution in [0.3, 0.4) is 0 Å². The first kappa shape index (κ1) is 23.2. The van der Waals surface area contributed by atoms with Crippen LogP contribution in [0.25, 0.3) is 12.2 Å². The predicted octanol–water partition coefficient (Wildman–Crippen LogP) is 4.19. The molecule has 7 heteroatoms. The van der Waals surface area contributed by atoms with E-state index in [2.05, 4.69) is 0 Å². The Hall–Kier alpha value is -4.13. The smallest absolute Gasteiger partial charge is 0.303 e. The molecular weight excluding hydrogens is 400 g/mol. The molecule has 2 aromatic rings. The van der Waals surface area contributed by atoms with Gasteiger partial charge in [0.1, 0.15) is 17.3 Å². The highest BCUT2D eigenvalue weighted by molar-refractivity contribution is 6.07. The second-order valence-electron chi connectivity index (χ2n) is 6.77. The minimum Gasteiger partial charge on any atom is -0.508 e. The number of rotatable bonds is 9. The van der Waals surface area contributed by atoms with Gasteiger partial charge in [0.05, 0.1) is 5.56 Å². The summed E-state index contributed by atoms with van der Waals surface area (Å²) in [6, 6.07) is 9.02. The van der Waals surface area contributed by atoms with Gasteiger partial charge in [-0.15, -0.1) is 0 Å². The number of aryl methyl sites for hydroxylation is 1. The highest BCUT2D eigenvalue weighted by Gasteiger charge is 2.13. The Morgan fingerprint density at radius 2 is 1.48 bits per heavy atom. The molecule has 0 aromatic heterocycles. The van der Waals surface area contributed by atoms with Crippen molar-refractivity contribution in [1.29, 1.82) is 0 Å². The third kappa shape index (κ3) is 6.71. The monoisotopic (exact) mass is 422 g/mol. The first-order chi connectivity index (χ1) is 14.7. The van der Waals surface area contributed by atoms with Crippen molar-refractivity contribution in [2.45, 2.75) is 19.8 Å². The molecule has 0 aliphatic rings. The molecular formula is C24H22O7. The van der Waals surface area contributed by atoms with Crippen molar-refractivity contribution in [3.8, 4) is 11.5 Å². The lowest BCUT2D eigenvalue weighted by Gasteiger charge is -2.05. The number of phenolic OH excluding ortho intramolecular Hbond substituents is 2. The molecule has 0 aliphatic heterocycles. The van der Waals surface area contributed by atoms with Crippen molar-refractivity contribution in [2.75, 3.05) is 0 Å². The Morgan fingerprint density at radius 1 is 0.871 bits per heavy atom. The van der Waals surface area contributed by atoms with Gasteiger partial charge in [0.25, 0.3) is 0 Å². The summed E-state index contributed by atoms with van der Waals surface area (Å²) in [6.45, 7) is 1.72. The summed E-state index contributed by atoms with van der Waals surface area (Å²) in [5, 5.41) is 38.5. The molecule has 0 radical (unpaired) electrons. The Kier molecular flexibility index (Phi) is 7.91. The van der Waals surface area contributed by atoms with E-state index in [1.54, 1.807) is 19.1 Å². The lowest BCUT2D eigenvalue weighted by molar-refractivity contribution is -0.136. The number of aromatic hydroxyl groups is 2. The Bertz CT molecular complexity index is 1090. The average molecular weight is 422 g/mol. The number of carbonyl (C=O) groups excluding carboxylic acids is 2. The Morgan fingerprint density at radius 3 is 2.10 bits per heavy atom. The number of aldehydes is 1. The normalized spacial score (nSPS) is 12.2. The van der Waals surface area contributed by atoms with Gasteiger partial charge in [0.2, 0.25) is 0 Å². The molecule has 160 valence electrons. The maximum Gasteiger partial charge on any atom is 0.303 e. The van der Waals surface area contributed by atoms with Crippen LogP contribution >= 0.6 is 0 Å². The summed E-state index contributed by atoms with van der Waals surface area (Å²) in [4.78, 5) is 34.5. The van der Waals surface area contributed by atoms with Crippen LogP contribution in [0.5, 0.6) is 11.5 Å². The molecule has 0 fully saturated rings. The maximum atomic E-state index is 12.6. The zero-order valence-electron chi connectivity index (χ0n) is 16.8. The molecule has 0 saturated carbocycles. The van der Waals surface area contributed by atoms with E-state index in [4.69, 9.17) is 5.11 Å². The Labute approximate surface area is 178 Å². The van der Waals surface area contributed by atoms with Gasteiger partial charge in [-0.3, -0.25) is 14.4 Å². The minimum absolute atomic E-state index is 0.0613. The van der Waals surface area contributed by atoms with E-state index in [-0.39, 0.29) is 41.2 Å². The number of aliphatic carboxylic acids is 1. The van der Waals surface area contributed by atoms with E-state index in [1.807, 2.05) is 0 Å². The van der Waals surface area contributed by atoms with E-state index in [9.17, 15) is 29.7 Å². The second kappa shape index (κ2) is 10.6. The van der Waals surface area contributed by atoms with Crippen LogP contribution in [-0.4, -0.2) is 38.5 Å². The molecule has 2 aromatic carbocycles. The number of carboxylic acids is 1. The quantitative estimate of drug-likeness (QED) is 0.206. The van der Waals surface area contributed by atoms with Gasteiger partial charge in [-0.05, 0) is 66.5 Å². The van der Waals surface area contributed by atoms with Crippen LogP contribution < -0.4 is 0 Å². The van der Waals surface area contributed by atoms with Crippen LogP contribution in [0.2, 0.25) is 0 Å². The average Bonchev–Trinajstić information content (AvgIpc) is 2.73. The molecule has 0 heterocycles.